The van der Waals surface area contributed by atoms with Gasteiger partial charge in [0.15, 0.2) is 0 Å². The van der Waals surface area contributed by atoms with Crippen LogP contribution in [0, 0.1) is 0 Å². The number of benzene rings is 2. The number of ether oxygens (including phenoxy) is 2. The van der Waals surface area contributed by atoms with Crippen LogP contribution in [-0.2, 0) is 10.8 Å². The van der Waals surface area contributed by atoms with E-state index in [1.54, 1.807) is 12.2 Å². The Kier molecular flexibility index (Phi) is 7.64. The summed E-state index contributed by atoms with van der Waals surface area (Å²) in [5.74, 6) is 1.81. The molecule has 0 saturated carbocycles. The van der Waals surface area contributed by atoms with Crippen LogP contribution in [0.15, 0.2) is 55.6 Å². The number of hydrogen-bond donors (Lipinski definition) is 1. The summed E-state index contributed by atoms with van der Waals surface area (Å²) in [7, 11) is 0. The Morgan fingerprint density at radius 2 is 1.39 bits per heavy atom. The molecule has 31 heavy (non-hydrogen) atoms. The van der Waals surface area contributed by atoms with Gasteiger partial charge in [0.05, 0.1) is 0 Å². The smallest absolute Gasteiger partial charge is 0.123 e. The topological polar surface area (TPSA) is 38.7 Å². The highest BCUT2D eigenvalue weighted by molar-refractivity contribution is 5.54. The normalized spacial score (nSPS) is 12.9. The molecular weight excluding hydrogens is 384 g/mol. The maximum Gasteiger partial charge on any atom is 0.123 e. The molecule has 0 saturated heterocycles. The molecule has 2 rings (SSSR count). The Balaban J connectivity index is 2.64. The van der Waals surface area contributed by atoms with E-state index >= 15 is 0 Å². The zero-order valence-corrected chi connectivity index (χ0v) is 20.2. The first-order chi connectivity index (χ1) is 14.4. The first-order valence-electron chi connectivity index (χ1n) is 10.9. The first-order valence-corrected chi connectivity index (χ1v) is 10.9. The largest absolute Gasteiger partial charge is 0.507 e. The molecule has 0 radical (unpaired) electrons. The molecule has 0 amide bonds. The van der Waals surface area contributed by atoms with Gasteiger partial charge in [0.2, 0.25) is 0 Å². The monoisotopic (exact) mass is 422 g/mol. The molecule has 2 aromatic rings. The molecule has 1 N–H and O–H groups in total. The Labute approximate surface area is 188 Å². The van der Waals surface area contributed by atoms with Crippen LogP contribution >= 0.6 is 0 Å². The van der Waals surface area contributed by atoms with E-state index in [4.69, 9.17) is 9.47 Å². The lowest BCUT2D eigenvalue weighted by Gasteiger charge is -2.27. The highest BCUT2D eigenvalue weighted by Crippen LogP contribution is 2.42. The first kappa shape index (κ1) is 24.6. The number of rotatable bonds is 8. The summed E-state index contributed by atoms with van der Waals surface area (Å²) in [5.41, 5.74) is 3.72. The van der Waals surface area contributed by atoms with Gasteiger partial charge in [0.25, 0.3) is 0 Å². The van der Waals surface area contributed by atoms with Crippen LogP contribution in [0.5, 0.6) is 17.2 Å². The standard InChI is InChI=1S/C28H38O3/c1-10-12-30-22-15-20(14-21(16-22)27(4,5)6)19(3)24-17-23(31-13-11-2)18-25(26(24)29)28(7,8)9/h10-11,14-19,29H,1-2,12-13H2,3-9H3. The summed E-state index contributed by atoms with van der Waals surface area (Å²) in [6, 6.07) is 10.2. The van der Waals surface area contributed by atoms with Crippen LogP contribution in [0.1, 0.15) is 76.6 Å². The molecule has 1 atom stereocenters. The van der Waals surface area contributed by atoms with Crippen molar-refractivity contribution in [2.24, 2.45) is 0 Å². The molecule has 168 valence electrons. The molecule has 0 heterocycles. The van der Waals surface area contributed by atoms with Crippen LogP contribution in [0.4, 0.5) is 0 Å². The van der Waals surface area contributed by atoms with Gasteiger partial charge in [0.1, 0.15) is 30.5 Å². The average Bonchev–Trinajstić information content (AvgIpc) is 2.69. The molecule has 0 bridgehead atoms. The summed E-state index contributed by atoms with van der Waals surface area (Å²) in [4.78, 5) is 0. The molecule has 2 aromatic carbocycles. The summed E-state index contributed by atoms with van der Waals surface area (Å²) in [6.07, 6.45) is 3.47. The van der Waals surface area contributed by atoms with Crippen LogP contribution in [0.3, 0.4) is 0 Å². The van der Waals surface area contributed by atoms with E-state index in [0.29, 0.717) is 19.0 Å². The van der Waals surface area contributed by atoms with Crippen molar-refractivity contribution in [2.75, 3.05) is 13.2 Å². The Hall–Kier alpha value is -2.68. The minimum Gasteiger partial charge on any atom is -0.507 e. The van der Waals surface area contributed by atoms with Gasteiger partial charge in [-0.1, -0.05) is 79.8 Å². The van der Waals surface area contributed by atoms with Crippen molar-refractivity contribution in [3.63, 3.8) is 0 Å². The van der Waals surface area contributed by atoms with Gasteiger partial charge in [0, 0.05) is 17.0 Å². The minimum absolute atomic E-state index is 0.0322. The number of hydrogen-bond acceptors (Lipinski definition) is 3. The predicted molar refractivity (Wildman–Crippen MR) is 131 cm³/mol. The van der Waals surface area contributed by atoms with E-state index in [1.165, 1.54) is 5.56 Å². The van der Waals surface area contributed by atoms with Gasteiger partial charge in [-0.3, -0.25) is 0 Å². The third-order valence-corrected chi connectivity index (χ3v) is 5.42. The Bertz CT molecular complexity index is 926. The van der Waals surface area contributed by atoms with Crippen molar-refractivity contribution >= 4 is 0 Å². The van der Waals surface area contributed by atoms with E-state index in [1.807, 2.05) is 12.1 Å². The maximum absolute atomic E-state index is 11.2. The van der Waals surface area contributed by atoms with Gasteiger partial charge in [-0.25, -0.2) is 0 Å². The van der Waals surface area contributed by atoms with Gasteiger partial charge in [-0.05, 0) is 46.2 Å². The third-order valence-electron chi connectivity index (χ3n) is 5.42. The Morgan fingerprint density at radius 3 is 1.87 bits per heavy atom. The summed E-state index contributed by atoms with van der Waals surface area (Å²) in [6.45, 7) is 23.3. The van der Waals surface area contributed by atoms with Crippen molar-refractivity contribution in [3.05, 3.63) is 77.9 Å². The van der Waals surface area contributed by atoms with Crippen LogP contribution < -0.4 is 9.47 Å². The van der Waals surface area contributed by atoms with Crippen molar-refractivity contribution in [3.8, 4) is 17.2 Å². The Morgan fingerprint density at radius 1 is 0.839 bits per heavy atom. The summed E-state index contributed by atoms with van der Waals surface area (Å²) in [5, 5.41) is 11.2. The average molecular weight is 423 g/mol. The molecule has 3 heteroatoms. The number of aromatic hydroxyl groups is 1. The van der Waals surface area contributed by atoms with E-state index in [0.717, 1.165) is 28.2 Å². The van der Waals surface area contributed by atoms with Gasteiger partial charge in [-0.2, -0.15) is 0 Å². The lowest BCUT2D eigenvalue weighted by atomic mass is 9.80. The minimum atomic E-state index is -0.225. The van der Waals surface area contributed by atoms with Crippen LogP contribution in [-0.4, -0.2) is 18.3 Å². The molecule has 1 unspecified atom stereocenters. The molecule has 0 aliphatic carbocycles. The lowest BCUT2D eigenvalue weighted by Crippen LogP contribution is -2.14. The van der Waals surface area contributed by atoms with Crippen molar-refractivity contribution in [1.82, 2.24) is 0 Å². The van der Waals surface area contributed by atoms with Gasteiger partial charge >= 0.3 is 0 Å². The fourth-order valence-electron chi connectivity index (χ4n) is 3.49. The highest BCUT2D eigenvalue weighted by atomic mass is 16.5. The highest BCUT2D eigenvalue weighted by Gasteiger charge is 2.26. The fraction of sp³-hybridized carbons (Fsp3) is 0.429. The molecule has 0 spiro atoms. The molecule has 0 aliphatic rings. The second kappa shape index (κ2) is 9.64. The van der Waals surface area contributed by atoms with Crippen molar-refractivity contribution < 1.29 is 14.6 Å². The third kappa shape index (κ3) is 6.16. The number of phenols is 1. The van der Waals surface area contributed by atoms with Crippen molar-refractivity contribution in [1.29, 1.82) is 0 Å². The lowest BCUT2D eigenvalue weighted by molar-refractivity contribution is 0.358. The van der Waals surface area contributed by atoms with Crippen LogP contribution in [0.2, 0.25) is 0 Å². The predicted octanol–water partition coefficient (Wildman–Crippen LogP) is 7.27. The SMILES string of the molecule is C=CCOc1cc(C(C)c2cc(OCC=C)cc(C(C)(C)C)c2O)cc(C(C)(C)C)c1. The van der Waals surface area contributed by atoms with E-state index in [2.05, 4.69) is 79.8 Å². The maximum atomic E-state index is 11.2. The quantitative estimate of drug-likeness (QED) is 0.455. The molecule has 3 nitrogen and oxygen atoms in total. The molecule has 0 fully saturated rings. The van der Waals surface area contributed by atoms with E-state index in [-0.39, 0.29) is 16.7 Å². The molecule has 0 aliphatic heterocycles. The summed E-state index contributed by atoms with van der Waals surface area (Å²) >= 11 is 0. The second-order valence-corrected chi connectivity index (χ2v) is 10.1. The van der Waals surface area contributed by atoms with E-state index in [9.17, 15) is 5.11 Å². The van der Waals surface area contributed by atoms with Gasteiger partial charge < -0.3 is 14.6 Å². The molecule has 0 aromatic heterocycles. The zero-order chi connectivity index (χ0) is 23.4. The second-order valence-electron chi connectivity index (χ2n) is 10.1. The zero-order valence-electron chi connectivity index (χ0n) is 20.2. The van der Waals surface area contributed by atoms with Gasteiger partial charge in [-0.15, -0.1) is 0 Å². The fourth-order valence-corrected chi connectivity index (χ4v) is 3.49. The summed E-state index contributed by atoms with van der Waals surface area (Å²) < 4.78 is 11.7. The van der Waals surface area contributed by atoms with E-state index < -0.39 is 0 Å². The van der Waals surface area contributed by atoms with Crippen LogP contribution in [0.25, 0.3) is 0 Å². The van der Waals surface area contributed by atoms with Crippen molar-refractivity contribution in [2.45, 2.75) is 65.2 Å². The number of phenolic OH excluding ortho intramolecular Hbond substituents is 1. The molecular formula is C28H38O3.